The number of rotatable bonds is 4. The second-order valence-corrected chi connectivity index (χ2v) is 4.82. The quantitative estimate of drug-likeness (QED) is 0.819. The van der Waals surface area contributed by atoms with Crippen LogP contribution in [0.15, 0.2) is 4.52 Å². The van der Waals surface area contributed by atoms with E-state index in [0.29, 0.717) is 13.1 Å². The molecule has 0 bridgehead atoms. The zero-order chi connectivity index (χ0) is 12.5. The van der Waals surface area contributed by atoms with Crippen molar-refractivity contribution in [2.24, 2.45) is 11.1 Å². The molecule has 0 unspecified atom stereocenters. The molecule has 1 heterocycles. The van der Waals surface area contributed by atoms with Crippen molar-refractivity contribution in [3.63, 3.8) is 0 Å². The summed E-state index contributed by atoms with van der Waals surface area (Å²) in [7, 11) is 0. The van der Waals surface area contributed by atoms with Crippen LogP contribution in [-0.4, -0.2) is 17.6 Å². The van der Waals surface area contributed by atoms with Crippen LogP contribution in [0.2, 0.25) is 0 Å². The van der Waals surface area contributed by atoms with Crippen molar-refractivity contribution in [1.82, 2.24) is 10.5 Å². The monoisotopic (exact) mass is 237 g/mol. The molecule has 1 fully saturated rings. The lowest BCUT2D eigenvalue weighted by Gasteiger charge is -2.39. The minimum absolute atomic E-state index is 0.0613. The van der Waals surface area contributed by atoms with Crippen LogP contribution in [0.3, 0.4) is 0 Å². The Hall–Kier alpha value is -1.36. The number of aromatic nitrogens is 1. The number of aryl methyl sites for hydroxylation is 2. The molecule has 2 rings (SSSR count). The summed E-state index contributed by atoms with van der Waals surface area (Å²) in [5.41, 5.74) is 7.16. The van der Waals surface area contributed by atoms with E-state index in [-0.39, 0.29) is 11.3 Å². The molecular formula is C12H19N3O2. The molecule has 1 aliphatic carbocycles. The van der Waals surface area contributed by atoms with Crippen LogP contribution in [0.1, 0.15) is 36.3 Å². The number of nitrogens with two attached hydrogens (primary N) is 1. The maximum atomic E-state index is 12.1. The highest BCUT2D eigenvalue weighted by Gasteiger charge is 2.42. The molecule has 5 nitrogen and oxygen atoms in total. The Labute approximate surface area is 101 Å². The predicted octanol–water partition coefficient (Wildman–Crippen LogP) is 1.04. The molecule has 1 amide bonds. The molecule has 94 valence electrons. The Balaban J connectivity index is 1.97. The number of amides is 1. The fourth-order valence-corrected chi connectivity index (χ4v) is 2.24. The van der Waals surface area contributed by atoms with Gasteiger partial charge in [-0.05, 0) is 26.7 Å². The van der Waals surface area contributed by atoms with E-state index in [1.165, 1.54) is 0 Å². The van der Waals surface area contributed by atoms with Gasteiger partial charge in [-0.15, -0.1) is 0 Å². The molecule has 17 heavy (non-hydrogen) atoms. The summed E-state index contributed by atoms with van der Waals surface area (Å²) < 4.78 is 5.05. The fourth-order valence-electron chi connectivity index (χ4n) is 2.24. The zero-order valence-electron chi connectivity index (χ0n) is 10.4. The van der Waals surface area contributed by atoms with Crippen molar-refractivity contribution in [1.29, 1.82) is 0 Å². The molecule has 1 aromatic heterocycles. The lowest BCUT2D eigenvalue weighted by atomic mass is 9.68. The highest BCUT2D eigenvalue weighted by Crippen LogP contribution is 2.40. The summed E-state index contributed by atoms with van der Waals surface area (Å²) in [5.74, 6) is 0.824. The highest BCUT2D eigenvalue weighted by atomic mass is 16.5. The first-order valence-electron chi connectivity index (χ1n) is 5.99. The van der Waals surface area contributed by atoms with Crippen molar-refractivity contribution in [2.45, 2.75) is 39.7 Å². The summed E-state index contributed by atoms with van der Waals surface area (Å²) >= 11 is 0. The topological polar surface area (TPSA) is 81.2 Å². The van der Waals surface area contributed by atoms with Crippen LogP contribution >= 0.6 is 0 Å². The Morgan fingerprint density at radius 1 is 1.53 bits per heavy atom. The number of hydrogen-bond acceptors (Lipinski definition) is 4. The van der Waals surface area contributed by atoms with Crippen LogP contribution in [0.5, 0.6) is 0 Å². The van der Waals surface area contributed by atoms with Crippen LogP contribution in [-0.2, 0) is 11.3 Å². The minimum Gasteiger partial charge on any atom is -0.361 e. The van der Waals surface area contributed by atoms with Gasteiger partial charge in [0.15, 0.2) is 0 Å². The maximum absolute atomic E-state index is 12.1. The average Bonchev–Trinajstić information content (AvgIpc) is 2.55. The highest BCUT2D eigenvalue weighted by molar-refractivity contribution is 5.83. The first-order chi connectivity index (χ1) is 8.09. The van der Waals surface area contributed by atoms with Crippen molar-refractivity contribution in [3.05, 3.63) is 17.0 Å². The molecule has 3 N–H and O–H groups in total. The molecule has 0 aliphatic heterocycles. The molecule has 1 saturated carbocycles. The van der Waals surface area contributed by atoms with Gasteiger partial charge in [0, 0.05) is 18.7 Å². The second kappa shape index (κ2) is 4.49. The summed E-state index contributed by atoms with van der Waals surface area (Å²) in [4.78, 5) is 12.1. The average molecular weight is 237 g/mol. The lowest BCUT2D eigenvalue weighted by molar-refractivity contribution is -0.135. The van der Waals surface area contributed by atoms with Crippen LogP contribution in [0, 0.1) is 19.3 Å². The van der Waals surface area contributed by atoms with E-state index in [1.54, 1.807) is 0 Å². The van der Waals surface area contributed by atoms with Crippen LogP contribution < -0.4 is 11.1 Å². The largest absolute Gasteiger partial charge is 0.361 e. The Kier molecular flexibility index (Phi) is 3.19. The van der Waals surface area contributed by atoms with Gasteiger partial charge in [-0.3, -0.25) is 4.79 Å². The van der Waals surface area contributed by atoms with Crippen LogP contribution in [0.25, 0.3) is 0 Å². The van der Waals surface area contributed by atoms with Gasteiger partial charge in [0.05, 0.1) is 11.1 Å². The van der Waals surface area contributed by atoms with Gasteiger partial charge >= 0.3 is 0 Å². The Morgan fingerprint density at radius 3 is 2.65 bits per heavy atom. The van der Waals surface area contributed by atoms with E-state index in [9.17, 15) is 4.79 Å². The first kappa shape index (κ1) is 12.1. The van der Waals surface area contributed by atoms with Gasteiger partial charge in [-0.2, -0.15) is 0 Å². The van der Waals surface area contributed by atoms with E-state index in [0.717, 1.165) is 36.3 Å². The summed E-state index contributed by atoms with van der Waals surface area (Å²) in [5, 5.41) is 6.80. The molecule has 1 aliphatic rings. The third-order valence-electron chi connectivity index (χ3n) is 3.79. The maximum Gasteiger partial charge on any atom is 0.227 e. The van der Waals surface area contributed by atoms with Crippen molar-refractivity contribution < 1.29 is 9.32 Å². The van der Waals surface area contributed by atoms with E-state index < -0.39 is 0 Å². The zero-order valence-corrected chi connectivity index (χ0v) is 10.4. The molecule has 5 heteroatoms. The smallest absolute Gasteiger partial charge is 0.227 e. The molecular weight excluding hydrogens is 218 g/mol. The minimum atomic E-state index is -0.320. The molecule has 0 saturated heterocycles. The molecule has 0 aromatic carbocycles. The molecule has 0 spiro atoms. The van der Waals surface area contributed by atoms with Crippen molar-refractivity contribution in [3.8, 4) is 0 Å². The van der Waals surface area contributed by atoms with E-state index in [1.807, 2.05) is 13.8 Å². The number of nitrogens with one attached hydrogen (secondary N) is 1. The SMILES string of the molecule is Cc1noc(C)c1CNC(=O)C1(CN)CCC1. The fraction of sp³-hybridized carbons (Fsp3) is 0.667. The summed E-state index contributed by atoms with van der Waals surface area (Å²) in [6.07, 6.45) is 2.89. The molecule has 0 atom stereocenters. The van der Waals surface area contributed by atoms with E-state index in [2.05, 4.69) is 10.5 Å². The Morgan fingerprint density at radius 2 is 2.24 bits per heavy atom. The molecule has 1 aromatic rings. The van der Waals surface area contributed by atoms with E-state index >= 15 is 0 Å². The Bertz CT molecular complexity index is 396. The standard InChI is InChI=1S/C12H19N3O2/c1-8-10(9(2)17-15-8)6-14-11(16)12(7-13)4-3-5-12/h3-7,13H2,1-2H3,(H,14,16). The van der Waals surface area contributed by atoms with Gasteiger partial charge < -0.3 is 15.6 Å². The number of carbonyl (C=O) groups excluding carboxylic acids is 1. The third kappa shape index (κ3) is 2.07. The second-order valence-electron chi connectivity index (χ2n) is 4.82. The van der Waals surface area contributed by atoms with E-state index in [4.69, 9.17) is 10.3 Å². The number of hydrogen-bond donors (Lipinski definition) is 2. The van der Waals surface area contributed by atoms with Crippen molar-refractivity contribution >= 4 is 5.91 Å². The summed E-state index contributed by atoms with van der Waals surface area (Å²) in [6.45, 7) is 4.63. The van der Waals surface area contributed by atoms with Gasteiger partial charge in [0.1, 0.15) is 5.76 Å². The van der Waals surface area contributed by atoms with Gasteiger partial charge in [0.25, 0.3) is 0 Å². The van der Waals surface area contributed by atoms with Gasteiger partial charge in [0.2, 0.25) is 5.91 Å². The summed E-state index contributed by atoms with van der Waals surface area (Å²) in [6, 6.07) is 0. The van der Waals surface area contributed by atoms with Crippen LogP contribution in [0.4, 0.5) is 0 Å². The van der Waals surface area contributed by atoms with Gasteiger partial charge in [-0.25, -0.2) is 0 Å². The first-order valence-corrected chi connectivity index (χ1v) is 5.99. The lowest BCUT2D eigenvalue weighted by Crippen LogP contribution is -2.50. The predicted molar refractivity (Wildman–Crippen MR) is 63.2 cm³/mol. The van der Waals surface area contributed by atoms with Crippen molar-refractivity contribution in [2.75, 3.05) is 6.54 Å². The normalized spacial score (nSPS) is 17.6. The number of carbonyl (C=O) groups is 1. The molecule has 0 radical (unpaired) electrons. The number of nitrogens with zero attached hydrogens (tertiary/aromatic N) is 1. The van der Waals surface area contributed by atoms with Gasteiger partial charge in [-0.1, -0.05) is 11.6 Å². The third-order valence-corrected chi connectivity index (χ3v) is 3.79.